The number of carboxylic acid groups (broad SMARTS) is 1. The molecule has 1 aromatic heterocycles. The summed E-state index contributed by atoms with van der Waals surface area (Å²) < 4.78 is 0. The molecule has 6 heteroatoms. The van der Waals surface area contributed by atoms with Crippen LogP contribution in [-0.4, -0.2) is 34.2 Å². The van der Waals surface area contributed by atoms with Crippen molar-refractivity contribution in [3.8, 4) is 0 Å². The predicted octanol–water partition coefficient (Wildman–Crippen LogP) is -0.444. The molecule has 6 nitrogen and oxygen atoms in total. The number of carbonyl (C=O) groups is 1. The van der Waals surface area contributed by atoms with Crippen molar-refractivity contribution in [1.29, 1.82) is 0 Å². The number of H-pyrrole nitrogens is 1. The zero-order valence-electron chi connectivity index (χ0n) is 7.15. The molecule has 0 aliphatic heterocycles. The second kappa shape index (κ2) is 4.58. The summed E-state index contributed by atoms with van der Waals surface area (Å²) in [7, 11) is 1.38. The van der Waals surface area contributed by atoms with E-state index in [1.54, 1.807) is 6.20 Å². The molecule has 0 saturated heterocycles. The molecule has 1 heterocycles. The Kier molecular flexibility index (Phi) is 3.41. The van der Waals surface area contributed by atoms with Gasteiger partial charge in [-0.15, -0.1) is 0 Å². The summed E-state index contributed by atoms with van der Waals surface area (Å²) in [6, 6.07) is -0.759. The summed E-state index contributed by atoms with van der Waals surface area (Å²) in [5.74, 6) is -0.962. The van der Waals surface area contributed by atoms with Crippen molar-refractivity contribution in [3.63, 3.8) is 0 Å². The molecule has 0 aromatic carbocycles. The Morgan fingerprint density at radius 1 is 1.92 bits per heavy atom. The Hall–Kier alpha value is -1.40. The van der Waals surface area contributed by atoms with Gasteiger partial charge in [-0.05, 0) is 0 Å². The lowest BCUT2D eigenvalue weighted by Crippen LogP contribution is -2.37. The van der Waals surface area contributed by atoms with Gasteiger partial charge in [0, 0.05) is 18.3 Å². The number of aliphatic carboxylic acids is 1. The molecule has 0 spiro atoms. The maximum absolute atomic E-state index is 10.6. The number of carboxylic acids is 1. The van der Waals surface area contributed by atoms with E-state index in [4.69, 9.17) is 5.11 Å². The number of aromatic amines is 1. The van der Waals surface area contributed by atoms with E-state index in [0.29, 0.717) is 6.42 Å². The number of nitrogens with one attached hydrogen (secondary N) is 2. The van der Waals surface area contributed by atoms with Crippen LogP contribution in [0.3, 0.4) is 0 Å². The summed E-state index contributed by atoms with van der Waals surface area (Å²) in [6.07, 6.45) is 3.39. The molecule has 0 aliphatic rings. The Bertz CT molecular complexity index is 260. The van der Waals surface area contributed by atoms with Gasteiger partial charge in [0.15, 0.2) is 0 Å². The molecule has 13 heavy (non-hydrogen) atoms. The molecule has 0 unspecified atom stereocenters. The van der Waals surface area contributed by atoms with Gasteiger partial charge in [0.05, 0.1) is 13.4 Å². The highest BCUT2D eigenvalue weighted by Gasteiger charge is 2.17. The first kappa shape index (κ1) is 9.69. The first-order chi connectivity index (χ1) is 6.24. The zero-order chi connectivity index (χ0) is 9.68. The van der Waals surface area contributed by atoms with Crippen LogP contribution in [0.4, 0.5) is 0 Å². The maximum Gasteiger partial charge on any atom is 0.323 e. The minimum absolute atomic E-state index is 0.309. The summed E-state index contributed by atoms with van der Waals surface area (Å²) in [4.78, 5) is 21.8. The summed E-state index contributed by atoms with van der Waals surface area (Å²) >= 11 is 0. The normalized spacial score (nSPS) is 12.7. The zero-order valence-corrected chi connectivity index (χ0v) is 7.15. The molecule has 1 atom stereocenters. The van der Waals surface area contributed by atoms with Gasteiger partial charge in [-0.25, -0.2) is 4.98 Å². The van der Waals surface area contributed by atoms with Crippen molar-refractivity contribution < 1.29 is 14.7 Å². The van der Waals surface area contributed by atoms with Crippen LogP contribution in [0.5, 0.6) is 0 Å². The Morgan fingerprint density at radius 3 is 3.15 bits per heavy atom. The number of aromatic nitrogens is 2. The standard InChI is InChI=1S/C7H11N3O3/c1-13-10-6(7(11)12)2-5-3-8-4-9-5/h3-4,6,10H,2H2,1H3,(H,8,9)(H,11,12)/t6-/m0/s1. The monoisotopic (exact) mass is 185 g/mol. The number of hydroxylamine groups is 1. The lowest BCUT2D eigenvalue weighted by molar-refractivity contribution is -0.143. The largest absolute Gasteiger partial charge is 0.480 e. The molecule has 1 aromatic rings. The van der Waals surface area contributed by atoms with E-state index >= 15 is 0 Å². The number of nitrogens with zero attached hydrogens (tertiary/aromatic N) is 1. The van der Waals surface area contributed by atoms with E-state index < -0.39 is 12.0 Å². The topological polar surface area (TPSA) is 87.2 Å². The second-order valence-electron chi connectivity index (χ2n) is 2.49. The van der Waals surface area contributed by atoms with Gasteiger partial charge in [0.2, 0.25) is 0 Å². The SMILES string of the molecule is CON[C@@H](Cc1cnc[nH]1)C(=O)O. The molecule has 0 bridgehead atoms. The van der Waals surface area contributed by atoms with Crippen molar-refractivity contribution in [2.24, 2.45) is 0 Å². The Balaban J connectivity index is 2.52. The third-order valence-corrected chi connectivity index (χ3v) is 1.54. The van der Waals surface area contributed by atoms with Gasteiger partial charge in [-0.3, -0.25) is 4.79 Å². The molecule has 72 valence electrons. The lowest BCUT2D eigenvalue weighted by atomic mass is 10.2. The van der Waals surface area contributed by atoms with Gasteiger partial charge in [0.1, 0.15) is 6.04 Å². The van der Waals surface area contributed by atoms with Crippen molar-refractivity contribution in [1.82, 2.24) is 15.4 Å². The fraction of sp³-hybridized carbons (Fsp3) is 0.429. The van der Waals surface area contributed by atoms with Crippen LogP contribution in [0, 0.1) is 0 Å². The average Bonchev–Trinajstić information content (AvgIpc) is 2.56. The minimum Gasteiger partial charge on any atom is -0.480 e. The van der Waals surface area contributed by atoms with Crippen LogP contribution < -0.4 is 5.48 Å². The maximum atomic E-state index is 10.6. The molecular weight excluding hydrogens is 174 g/mol. The van der Waals surface area contributed by atoms with Gasteiger partial charge in [0.25, 0.3) is 0 Å². The van der Waals surface area contributed by atoms with E-state index in [2.05, 4.69) is 20.3 Å². The number of imidazole rings is 1. The highest BCUT2D eigenvalue weighted by atomic mass is 16.6. The van der Waals surface area contributed by atoms with Gasteiger partial charge >= 0.3 is 5.97 Å². The lowest BCUT2D eigenvalue weighted by Gasteiger charge is -2.10. The van der Waals surface area contributed by atoms with Gasteiger partial charge < -0.3 is 14.9 Å². The van der Waals surface area contributed by atoms with E-state index in [1.807, 2.05) is 0 Å². The predicted molar refractivity (Wildman–Crippen MR) is 43.9 cm³/mol. The van der Waals surface area contributed by atoms with Crippen LogP contribution in [-0.2, 0) is 16.1 Å². The van der Waals surface area contributed by atoms with Crippen molar-refractivity contribution >= 4 is 5.97 Å². The first-order valence-corrected chi connectivity index (χ1v) is 3.72. The van der Waals surface area contributed by atoms with Crippen molar-refractivity contribution in [2.75, 3.05) is 7.11 Å². The number of hydrogen-bond acceptors (Lipinski definition) is 4. The van der Waals surface area contributed by atoms with E-state index in [1.165, 1.54) is 13.4 Å². The number of hydrogen-bond donors (Lipinski definition) is 3. The van der Waals surface area contributed by atoms with E-state index in [0.717, 1.165) is 5.69 Å². The van der Waals surface area contributed by atoms with Crippen LogP contribution in [0.2, 0.25) is 0 Å². The smallest absolute Gasteiger partial charge is 0.323 e. The molecule has 0 amide bonds. The van der Waals surface area contributed by atoms with Crippen LogP contribution in [0.15, 0.2) is 12.5 Å². The number of rotatable bonds is 5. The van der Waals surface area contributed by atoms with Gasteiger partial charge in [-0.2, -0.15) is 5.48 Å². The molecular formula is C7H11N3O3. The summed E-state index contributed by atoms with van der Waals surface area (Å²) in [5, 5.41) is 8.73. The highest BCUT2D eigenvalue weighted by Crippen LogP contribution is 1.98. The quantitative estimate of drug-likeness (QED) is 0.541. The third-order valence-electron chi connectivity index (χ3n) is 1.54. The molecule has 3 N–H and O–H groups in total. The highest BCUT2D eigenvalue weighted by molar-refractivity contribution is 5.73. The fourth-order valence-corrected chi connectivity index (χ4v) is 0.938. The van der Waals surface area contributed by atoms with E-state index in [-0.39, 0.29) is 0 Å². The van der Waals surface area contributed by atoms with Crippen molar-refractivity contribution in [2.45, 2.75) is 12.5 Å². The molecule has 0 fully saturated rings. The van der Waals surface area contributed by atoms with Gasteiger partial charge in [-0.1, -0.05) is 0 Å². The summed E-state index contributed by atoms with van der Waals surface area (Å²) in [6.45, 7) is 0. The second-order valence-corrected chi connectivity index (χ2v) is 2.49. The third kappa shape index (κ3) is 2.85. The molecule has 0 saturated carbocycles. The molecule has 0 radical (unpaired) electrons. The Labute approximate surface area is 74.9 Å². The Morgan fingerprint density at radius 2 is 2.69 bits per heavy atom. The average molecular weight is 185 g/mol. The van der Waals surface area contributed by atoms with Crippen LogP contribution in [0.25, 0.3) is 0 Å². The minimum atomic E-state index is -0.962. The first-order valence-electron chi connectivity index (χ1n) is 3.72. The molecule has 0 aliphatic carbocycles. The molecule has 1 rings (SSSR count). The fourth-order valence-electron chi connectivity index (χ4n) is 0.938. The van der Waals surface area contributed by atoms with Crippen LogP contribution in [0.1, 0.15) is 5.69 Å². The van der Waals surface area contributed by atoms with Crippen LogP contribution >= 0.6 is 0 Å². The van der Waals surface area contributed by atoms with E-state index in [9.17, 15) is 4.79 Å². The summed E-state index contributed by atoms with van der Waals surface area (Å²) in [5.41, 5.74) is 3.12. The van der Waals surface area contributed by atoms with Crippen molar-refractivity contribution in [3.05, 3.63) is 18.2 Å².